The molecule has 2 heteroatoms. The van der Waals surface area contributed by atoms with Crippen LogP contribution < -0.4 is 5.32 Å². The van der Waals surface area contributed by atoms with Crippen LogP contribution in [0.25, 0.3) is 0 Å². The summed E-state index contributed by atoms with van der Waals surface area (Å²) in [4.78, 5) is 2.84. The zero-order valence-electron chi connectivity index (χ0n) is 13.7. The molecule has 2 nitrogen and oxygen atoms in total. The molecule has 0 bridgehead atoms. The van der Waals surface area contributed by atoms with Crippen LogP contribution in [0.5, 0.6) is 0 Å². The van der Waals surface area contributed by atoms with Crippen LogP contribution in [-0.4, -0.2) is 36.1 Å². The van der Waals surface area contributed by atoms with Gasteiger partial charge in [-0.3, -0.25) is 4.90 Å². The summed E-state index contributed by atoms with van der Waals surface area (Å²) in [6, 6.07) is 2.19. The Kier molecular flexibility index (Phi) is 4.94. The number of hydrogen-bond donors (Lipinski definition) is 1. The summed E-state index contributed by atoms with van der Waals surface area (Å²) in [7, 11) is 0. The molecule has 0 spiro atoms. The van der Waals surface area contributed by atoms with Crippen LogP contribution >= 0.6 is 0 Å². The molecular formula is C17H34N2. The molecule has 19 heavy (non-hydrogen) atoms. The van der Waals surface area contributed by atoms with E-state index in [-0.39, 0.29) is 0 Å². The second-order valence-electron chi connectivity index (χ2n) is 7.70. The van der Waals surface area contributed by atoms with E-state index in [4.69, 9.17) is 0 Å². The quantitative estimate of drug-likeness (QED) is 0.838. The van der Waals surface area contributed by atoms with E-state index in [1.54, 1.807) is 0 Å². The van der Waals surface area contributed by atoms with E-state index in [1.807, 2.05) is 0 Å². The van der Waals surface area contributed by atoms with Gasteiger partial charge in [0.05, 0.1) is 0 Å². The molecule has 1 aliphatic carbocycles. The maximum absolute atomic E-state index is 3.77. The van der Waals surface area contributed by atoms with E-state index in [9.17, 15) is 0 Å². The minimum atomic E-state index is 0.504. The van der Waals surface area contributed by atoms with Crippen molar-refractivity contribution in [1.29, 1.82) is 0 Å². The summed E-state index contributed by atoms with van der Waals surface area (Å²) in [5, 5.41) is 3.77. The molecule has 4 unspecified atom stereocenters. The summed E-state index contributed by atoms with van der Waals surface area (Å²) in [6.07, 6.45) is 6.96. The summed E-state index contributed by atoms with van der Waals surface area (Å²) in [6.45, 7) is 14.5. The molecule has 0 aromatic heterocycles. The Labute approximate surface area is 120 Å². The Morgan fingerprint density at radius 1 is 1.32 bits per heavy atom. The first kappa shape index (κ1) is 15.3. The predicted octanol–water partition coefficient (Wildman–Crippen LogP) is 3.66. The number of piperazine rings is 1. The zero-order chi connectivity index (χ0) is 14.0. The van der Waals surface area contributed by atoms with Crippen LogP contribution in [0, 0.1) is 11.3 Å². The first-order valence-electron chi connectivity index (χ1n) is 8.45. The Bertz CT molecular complexity index is 287. The predicted molar refractivity (Wildman–Crippen MR) is 83.5 cm³/mol. The molecule has 112 valence electrons. The van der Waals surface area contributed by atoms with Crippen molar-refractivity contribution in [2.75, 3.05) is 13.1 Å². The van der Waals surface area contributed by atoms with Crippen molar-refractivity contribution in [3.63, 3.8) is 0 Å². The van der Waals surface area contributed by atoms with Crippen molar-refractivity contribution in [3.05, 3.63) is 0 Å². The van der Waals surface area contributed by atoms with Gasteiger partial charge in [0.1, 0.15) is 0 Å². The normalized spacial score (nSPS) is 38.1. The van der Waals surface area contributed by atoms with Gasteiger partial charge in [-0.05, 0) is 31.1 Å². The Hall–Kier alpha value is -0.0800. The third-order valence-electron chi connectivity index (χ3n) is 5.83. The summed E-state index contributed by atoms with van der Waals surface area (Å²) in [5.41, 5.74) is 0.504. The molecule has 1 saturated carbocycles. The lowest BCUT2D eigenvalue weighted by molar-refractivity contribution is -0.00649. The van der Waals surface area contributed by atoms with Crippen molar-refractivity contribution in [2.45, 2.75) is 84.8 Å². The molecule has 2 aliphatic rings. The highest BCUT2D eigenvalue weighted by Crippen LogP contribution is 2.40. The molecule has 0 aromatic carbocycles. The molecule has 4 atom stereocenters. The molecule has 2 rings (SSSR count). The molecule has 0 radical (unpaired) electrons. The van der Waals surface area contributed by atoms with E-state index < -0.39 is 0 Å². The summed E-state index contributed by atoms with van der Waals surface area (Å²) >= 11 is 0. The monoisotopic (exact) mass is 266 g/mol. The lowest BCUT2D eigenvalue weighted by Gasteiger charge is -2.51. The molecule has 1 aliphatic heterocycles. The molecule has 2 fully saturated rings. The van der Waals surface area contributed by atoms with Gasteiger partial charge >= 0.3 is 0 Å². The second kappa shape index (κ2) is 6.13. The van der Waals surface area contributed by atoms with Crippen LogP contribution in [0.15, 0.2) is 0 Å². The maximum atomic E-state index is 3.77. The minimum absolute atomic E-state index is 0.504. The lowest BCUT2D eigenvalue weighted by Crippen LogP contribution is -2.63. The number of nitrogens with one attached hydrogen (secondary N) is 1. The Morgan fingerprint density at radius 2 is 2.05 bits per heavy atom. The topological polar surface area (TPSA) is 15.3 Å². The van der Waals surface area contributed by atoms with Gasteiger partial charge in [0.15, 0.2) is 0 Å². The second-order valence-corrected chi connectivity index (χ2v) is 7.70. The third kappa shape index (κ3) is 3.33. The van der Waals surface area contributed by atoms with Crippen LogP contribution in [-0.2, 0) is 0 Å². The highest BCUT2D eigenvalue weighted by Gasteiger charge is 2.40. The minimum Gasteiger partial charge on any atom is -0.311 e. The van der Waals surface area contributed by atoms with E-state index in [0.717, 1.165) is 12.0 Å². The number of nitrogens with zero attached hydrogens (tertiary/aromatic N) is 1. The summed E-state index contributed by atoms with van der Waals surface area (Å²) < 4.78 is 0. The van der Waals surface area contributed by atoms with Crippen LogP contribution in [0.4, 0.5) is 0 Å². The fourth-order valence-electron chi connectivity index (χ4n) is 4.10. The van der Waals surface area contributed by atoms with Gasteiger partial charge in [-0.15, -0.1) is 0 Å². The van der Waals surface area contributed by atoms with Gasteiger partial charge in [-0.2, -0.15) is 0 Å². The van der Waals surface area contributed by atoms with Crippen molar-refractivity contribution < 1.29 is 0 Å². The highest BCUT2D eigenvalue weighted by molar-refractivity contribution is 4.96. The van der Waals surface area contributed by atoms with E-state index in [1.165, 1.54) is 45.2 Å². The van der Waals surface area contributed by atoms with Crippen LogP contribution in [0.2, 0.25) is 0 Å². The lowest BCUT2D eigenvalue weighted by atomic mass is 9.71. The van der Waals surface area contributed by atoms with Crippen molar-refractivity contribution in [1.82, 2.24) is 10.2 Å². The van der Waals surface area contributed by atoms with Crippen molar-refractivity contribution >= 4 is 0 Å². The van der Waals surface area contributed by atoms with E-state index in [0.29, 0.717) is 17.5 Å². The highest BCUT2D eigenvalue weighted by atomic mass is 15.3. The van der Waals surface area contributed by atoms with Crippen LogP contribution in [0.3, 0.4) is 0 Å². The largest absolute Gasteiger partial charge is 0.311 e. The van der Waals surface area contributed by atoms with Gasteiger partial charge in [0.2, 0.25) is 0 Å². The van der Waals surface area contributed by atoms with Crippen molar-refractivity contribution in [2.24, 2.45) is 11.3 Å². The molecule has 1 N–H and O–H groups in total. The summed E-state index contributed by atoms with van der Waals surface area (Å²) in [5.74, 6) is 0.793. The van der Waals surface area contributed by atoms with Gasteiger partial charge in [0, 0.05) is 31.2 Å². The van der Waals surface area contributed by atoms with Gasteiger partial charge < -0.3 is 5.32 Å². The first-order chi connectivity index (χ1) is 8.95. The average molecular weight is 266 g/mol. The average Bonchev–Trinajstić information content (AvgIpc) is 2.38. The number of rotatable bonds is 3. The molecule has 0 aromatic rings. The molecule has 1 heterocycles. The number of hydrogen-bond acceptors (Lipinski definition) is 2. The maximum Gasteiger partial charge on any atom is 0.0221 e. The smallest absolute Gasteiger partial charge is 0.0221 e. The first-order valence-corrected chi connectivity index (χ1v) is 8.45. The van der Waals surface area contributed by atoms with Crippen LogP contribution in [0.1, 0.15) is 66.7 Å². The van der Waals surface area contributed by atoms with Gasteiger partial charge in [0.25, 0.3) is 0 Å². The molecule has 1 saturated heterocycles. The molecular weight excluding hydrogens is 232 g/mol. The standard InChI is InChI=1S/C17H34N2/c1-6-13(2)15-12-19(14(3)11-18-15)16-9-7-8-10-17(16,4)5/h13-16,18H,6-12H2,1-5H3. The van der Waals surface area contributed by atoms with E-state index >= 15 is 0 Å². The van der Waals surface area contributed by atoms with Gasteiger partial charge in [-0.25, -0.2) is 0 Å². The SMILES string of the molecule is CCC(C)C1CN(C2CCCCC2(C)C)C(C)CN1. The fourth-order valence-corrected chi connectivity index (χ4v) is 4.10. The van der Waals surface area contributed by atoms with E-state index in [2.05, 4.69) is 44.8 Å². The fraction of sp³-hybridized carbons (Fsp3) is 1.00. The van der Waals surface area contributed by atoms with Gasteiger partial charge in [-0.1, -0.05) is 47.0 Å². The Morgan fingerprint density at radius 3 is 2.68 bits per heavy atom. The molecule has 0 amide bonds. The zero-order valence-corrected chi connectivity index (χ0v) is 13.7. The van der Waals surface area contributed by atoms with Crippen molar-refractivity contribution in [3.8, 4) is 0 Å². The third-order valence-corrected chi connectivity index (χ3v) is 5.83. The Balaban J connectivity index is 2.07.